The number of β-lactam (4-membered cyclic amide) rings is 1. The molecule has 0 radical (unpaired) electrons. The summed E-state index contributed by atoms with van der Waals surface area (Å²) < 4.78 is 0. The van der Waals surface area contributed by atoms with Crippen LogP contribution in [0.4, 0.5) is 5.69 Å². The molecule has 0 spiro atoms. The zero-order valence-electron chi connectivity index (χ0n) is 20.3. The molecule has 1 atom stereocenters. The highest BCUT2D eigenvalue weighted by molar-refractivity contribution is 6.14. The summed E-state index contributed by atoms with van der Waals surface area (Å²) in [6, 6.07) is 38.4. The Bertz CT molecular complexity index is 1290. The summed E-state index contributed by atoms with van der Waals surface area (Å²) in [5.74, 6) is -0.00138. The first kappa shape index (κ1) is 22.6. The number of carbonyl (C=O) groups is 1. The Labute approximate surface area is 207 Å². The number of benzene rings is 4. The highest BCUT2D eigenvalue weighted by Crippen LogP contribution is 2.62. The third-order valence-corrected chi connectivity index (χ3v) is 6.73. The SMILES string of the molecule is Cc1ccc(N2C(=O)C(c3ccccc3)(c3ccccc3)C2(/N=C/N(C)C)c2ccccc2)cc1. The Kier molecular flexibility index (Phi) is 5.73. The molecular weight excluding hydrogens is 430 g/mol. The van der Waals surface area contributed by atoms with Crippen LogP contribution in [0.25, 0.3) is 0 Å². The third-order valence-electron chi connectivity index (χ3n) is 6.73. The molecule has 1 unspecified atom stereocenters. The van der Waals surface area contributed by atoms with Crippen LogP contribution in [0, 0.1) is 6.92 Å². The lowest BCUT2D eigenvalue weighted by atomic mass is 9.55. The fourth-order valence-electron chi connectivity index (χ4n) is 5.21. The van der Waals surface area contributed by atoms with Gasteiger partial charge in [0.2, 0.25) is 5.91 Å². The van der Waals surface area contributed by atoms with Gasteiger partial charge in [0.25, 0.3) is 0 Å². The molecule has 4 aromatic rings. The smallest absolute Gasteiger partial charge is 0.249 e. The van der Waals surface area contributed by atoms with E-state index in [9.17, 15) is 4.79 Å². The lowest BCUT2D eigenvalue weighted by molar-refractivity contribution is -0.136. The number of hydrogen-bond donors (Lipinski definition) is 0. The fraction of sp³-hybridized carbons (Fsp3) is 0.161. The Balaban J connectivity index is 1.91. The molecule has 1 aliphatic rings. The van der Waals surface area contributed by atoms with Gasteiger partial charge in [-0.25, -0.2) is 4.99 Å². The first-order chi connectivity index (χ1) is 17.0. The Morgan fingerprint density at radius 1 is 0.686 bits per heavy atom. The molecule has 1 heterocycles. The van der Waals surface area contributed by atoms with Crippen LogP contribution in [-0.4, -0.2) is 31.2 Å². The highest BCUT2D eigenvalue weighted by atomic mass is 16.2. The lowest BCUT2D eigenvalue weighted by Crippen LogP contribution is -2.78. The van der Waals surface area contributed by atoms with Gasteiger partial charge in [-0.2, -0.15) is 0 Å². The molecule has 0 N–H and O–H groups in total. The molecule has 1 saturated heterocycles. The van der Waals surface area contributed by atoms with Gasteiger partial charge in [0.15, 0.2) is 5.66 Å². The predicted octanol–water partition coefficient (Wildman–Crippen LogP) is 5.77. The maximum absolute atomic E-state index is 14.6. The Morgan fingerprint density at radius 2 is 1.14 bits per heavy atom. The summed E-state index contributed by atoms with van der Waals surface area (Å²) in [7, 11) is 3.90. The number of nitrogens with zero attached hydrogens (tertiary/aromatic N) is 3. The van der Waals surface area contributed by atoms with Crippen LogP contribution in [0.2, 0.25) is 0 Å². The molecule has 35 heavy (non-hydrogen) atoms. The average molecular weight is 460 g/mol. The van der Waals surface area contributed by atoms with Crippen molar-refractivity contribution in [3.05, 3.63) is 138 Å². The summed E-state index contributed by atoms with van der Waals surface area (Å²) >= 11 is 0. The van der Waals surface area contributed by atoms with Crippen LogP contribution in [0.5, 0.6) is 0 Å². The lowest BCUT2D eigenvalue weighted by Gasteiger charge is -2.63. The van der Waals surface area contributed by atoms with Gasteiger partial charge in [-0.15, -0.1) is 0 Å². The maximum Gasteiger partial charge on any atom is 0.249 e. The van der Waals surface area contributed by atoms with Crippen LogP contribution < -0.4 is 4.90 Å². The largest absolute Gasteiger partial charge is 0.369 e. The zero-order chi connectivity index (χ0) is 24.5. The molecule has 1 fully saturated rings. The molecule has 1 amide bonds. The molecule has 0 aliphatic carbocycles. The molecule has 1 aliphatic heterocycles. The van der Waals surface area contributed by atoms with Crippen molar-refractivity contribution >= 4 is 17.9 Å². The van der Waals surface area contributed by atoms with Crippen molar-refractivity contribution in [1.82, 2.24) is 4.90 Å². The van der Waals surface area contributed by atoms with Crippen molar-refractivity contribution in [3.8, 4) is 0 Å². The quantitative estimate of drug-likeness (QED) is 0.208. The van der Waals surface area contributed by atoms with E-state index in [4.69, 9.17) is 4.99 Å². The monoisotopic (exact) mass is 459 g/mol. The molecule has 4 aromatic carbocycles. The van der Waals surface area contributed by atoms with Crippen molar-refractivity contribution < 1.29 is 4.79 Å². The van der Waals surface area contributed by atoms with Gasteiger partial charge in [0, 0.05) is 25.3 Å². The van der Waals surface area contributed by atoms with E-state index < -0.39 is 11.1 Å². The van der Waals surface area contributed by atoms with Crippen LogP contribution in [0.15, 0.2) is 120 Å². The third kappa shape index (κ3) is 3.36. The highest BCUT2D eigenvalue weighted by Gasteiger charge is 2.74. The molecular formula is C31H29N3O. The van der Waals surface area contributed by atoms with E-state index in [0.717, 1.165) is 27.9 Å². The van der Waals surface area contributed by atoms with Gasteiger partial charge in [-0.1, -0.05) is 109 Å². The molecule has 4 nitrogen and oxygen atoms in total. The van der Waals surface area contributed by atoms with E-state index in [1.54, 1.807) is 0 Å². The van der Waals surface area contributed by atoms with Gasteiger partial charge in [0.1, 0.15) is 5.41 Å². The number of aryl methyl sites for hydroxylation is 1. The van der Waals surface area contributed by atoms with Crippen LogP contribution in [-0.2, 0) is 15.9 Å². The predicted molar refractivity (Wildman–Crippen MR) is 143 cm³/mol. The minimum absolute atomic E-state index is 0.00138. The Morgan fingerprint density at radius 3 is 1.60 bits per heavy atom. The van der Waals surface area contributed by atoms with Gasteiger partial charge < -0.3 is 4.90 Å². The van der Waals surface area contributed by atoms with Crippen molar-refractivity contribution in [1.29, 1.82) is 0 Å². The number of hydrogen-bond acceptors (Lipinski definition) is 2. The second kappa shape index (κ2) is 8.88. The van der Waals surface area contributed by atoms with E-state index in [2.05, 4.69) is 19.1 Å². The van der Waals surface area contributed by atoms with Crippen LogP contribution >= 0.6 is 0 Å². The van der Waals surface area contributed by atoms with E-state index in [1.165, 1.54) is 0 Å². The molecule has 174 valence electrons. The van der Waals surface area contributed by atoms with Gasteiger partial charge in [-0.05, 0) is 30.2 Å². The minimum Gasteiger partial charge on any atom is -0.369 e. The number of anilines is 1. The Hall–Kier alpha value is -4.18. The average Bonchev–Trinajstić information content (AvgIpc) is 2.89. The molecule has 5 rings (SSSR count). The number of carbonyl (C=O) groups excluding carboxylic acids is 1. The van der Waals surface area contributed by atoms with Crippen molar-refractivity contribution in [2.75, 3.05) is 19.0 Å². The number of rotatable bonds is 6. The number of amides is 1. The molecule has 0 bridgehead atoms. The van der Waals surface area contributed by atoms with E-state index in [0.29, 0.717) is 0 Å². The summed E-state index contributed by atoms with van der Waals surface area (Å²) in [6.45, 7) is 2.05. The van der Waals surface area contributed by atoms with Gasteiger partial charge >= 0.3 is 0 Å². The molecule has 0 saturated carbocycles. The molecule has 4 heteroatoms. The summed E-state index contributed by atoms with van der Waals surface area (Å²) in [6.07, 6.45) is 1.82. The topological polar surface area (TPSA) is 35.9 Å². The van der Waals surface area contributed by atoms with Gasteiger partial charge in [0.05, 0.1) is 6.34 Å². The zero-order valence-corrected chi connectivity index (χ0v) is 20.3. The maximum atomic E-state index is 14.6. The first-order valence-corrected chi connectivity index (χ1v) is 11.8. The van der Waals surface area contributed by atoms with Crippen molar-refractivity contribution in [3.63, 3.8) is 0 Å². The second-order valence-electron chi connectivity index (χ2n) is 9.20. The minimum atomic E-state index is -1.05. The summed E-state index contributed by atoms with van der Waals surface area (Å²) in [5.41, 5.74) is 2.66. The first-order valence-electron chi connectivity index (χ1n) is 11.8. The number of aliphatic imine (C=N–C) groups is 1. The fourth-order valence-corrected chi connectivity index (χ4v) is 5.21. The van der Waals surface area contributed by atoms with Crippen LogP contribution in [0.1, 0.15) is 22.3 Å². The summed E-state index contributed by atoms with van der Waals surface area (Å²) in [5, 5.41) is 0. The standard InChI is InChI=1S/C31H29N3O/c1-24-19-21-28(22-20-24)34-29(35)30(25-13-7-4-8-14-25,26-15-9-5-10-16-26)31(34,32-23-33(2)3)27-17-11-6-12-18-27/h4-23H,1-3H3/b32-23+. The van der Waals surface area contributed by atoms with Gasteiger partial charge in [-0.3, -0.25) is 9.69 Å². The van der Waals surface area contributed by atoms with E-state index >= 15 is 0 Å². The van der Waals surface area contributed by atoms with Crippen molar-refractivity contribution in [2.24, 2.45) is 4.99 Å². The van der Waals surface area contributed by atoms with E-state index in [-0.39, 0.29) is 5.91 Å². The molecule has 0 aromatic heterocycles. The van der Waals surface area contributed by atoms with E-state index in [1.807, 2.05) is 133 Å². The summed E-state index contributed by atoms with van der Waals surface area (Å²) in [4.78, 5) is 23.7. The van der Waals surface area contributed by atoms with Crippen LogP contribution in [0.3, 0.4) is 0 Å². The normalized spacial score (nSPS) is 18.9. The van der Waals surface area contributed by atoms with Crippen molar-refractivity contribution in [2.45, 2.75) is 18.0 Å². The second-order valence-corrected chi connectivity index (χ2v) is 9.20.